The van der Waals surface area contributed by atoms with Crippen LogP contribution in [0.25, 0.3) is 22.2 Å². The summed E-state index contributed by atoms with van der Waals surface area (Å²) in [6.07, 6.45) is 4.55. The van der Waals surface area contributed by atoms with E-state index in [1.165, 1.54) is 38.7 Å². The fourth-order valence-corrected chi connectivity index (χ4v) is 4.21. The normalized spacial score (nSPS) is 10.5. The van der Waals surface area contributed by atoms with Gasteiger partial charge in [-0.3, -0.25) is 14.6 Å². The third-order valence-electron chi connectivity index (χ3n) is 6.23. The van der Waals surface area contributed by atoms with E-state index in [0.29, 0.717) is 33.7 Å². The van der Waals surface area contributed by atoms with Crippen LogP contribution in [0, 0.1) is 5.82 Å². The molecule has 0 saturated carbocycles. The van der Waals surface area contributed by atoms with Gasteiger partial charge in [0, 0.05) is 55.1 Å². The minimum absolute atomic E-state index is 0. The van der Waals surface area contributed by atoms with Gasteiger partial charge >= 0.3 is 0 Å². The van der Waals surface area contributed by atoms with Crippen LogP contribution in [-0.4, -0.2) is 41.8 Å². The molecule has 10 nitrogen and oxygen atoms in total. The van der Waals surface area contributed by atoms with E-state index in [-0.39, 0.29) is 41.0 Å². The predicted molar refractivity (Wildman–Crippen MR) is 158 cm³/mol. The van der Waals surface area contributed by atoms with Crippen LogP contribution >= 0.6 is 12.4 Å². The second-order valence-corrected chi connectivity index (χ2v) is 8.89. The van der Waals surface area contributed by atoms with Crippen LogP contribution < -0.4 is 29.7 Å². The molecule has 0 saturated heterocycles. The summed E-state index contributed by atoms with van der Waals surface area (Å²) in [5, 5.41) is 2.59. The summed E-state index contributed by atoms with van der Waals surface area (Å²) in [7, 11) is 6.19. The van der Waals surface area contributed by atoms with E-state index < -0.39 is 17.2 Å². The van der Waals surface area contributed by atoms with Crippen molar-refractivity contribution in [3.63, 3.8) is 0 Å². The lowest BCUT2D eigenvalue weighted by Gasteiger charge is -2.13. The highest BCUT2D eigenvalue weighted by Crippen LogP contribution is 2.35. The lowest BCUT2D eigenvalue weighted by Crippen LogP contribution is -2.24. The Labute approximate surface area is 246 Å². The number of carbonyl (C=O) groups excluding carboxylic acids is 1. The van der Waals surface area contributed by atoms with Crippen LogP contribution in [-0.2, 0) is 7.05 Å². The van der Waals surface area contributed by atoms with Crippen LogP contribution in [0.2, 0.25) is 0 Å². The van der Waals surface area contributed by atoms with Crippen molar-refractivity contribution in [3.05, 3.63) is 94.8 Å². The largest absolute Gasteiger partial charge is 0.497 e. The topological polar surface area (TPSA) is 114 Å². The first-order valence-corrected chi connectivity index (χ1v) is 12.3. The van der Waals surface area contributed by atoms with Crippen LogP contribution in [0.5, 0.6) is 28.9 Å². The summed E-state index contributed by atoms with van der Waals surface area (Å²) in [6, 6.07) is 14.0. The highest BCUT2D eigenvalue weighted by Gasteiger charge is 2.18. The molecule has 5 aromatic rings. The van der Waals surface area contributed by atoms with Crippen molar-refractivity contribution in [2.45, 2.75) is 0 Å². The van der Waals surface area contributed by atoms with Gasteiger partial charge in [0.15, 0.2) is 23.1 Å². The molecule has 0 atom stereocenters. The van der Waals surface area contributed by atoms with Crippen molar-refractivity contribution in [2.24, 2.45) is 7.05 Å². The quantitative estimate of drug-likeness (QED) is 0.247. The molecule has 12 heteroatoms. The Morgan fingerprint density at radius 3 is 2.33 bits per heavy atom. The molecule has 216 valence electrons. The number of hydrogen-bond donors (Lipinski definition) is 1. The van der Waals surface area contributed by atoms with Crippen molar-refractivity contribution in [1.29, 1.82) is 0 Å². The first kappa shape index (κ1) is 29.8. The summed E-state index contributed by atoms with van der Waals surface area (Å²) in [5.41, 5.74) is 1.35. The summed E-state index contributed by atoms with van der Waals surface area (Å²) < 4.78 is 38.2. The molecule has 5 rings (SSSR count). The fourth-order valence-electron chi connectivity index (χ4n) is 4.21. The van der Waals surface area contributed by atoms with E-state index in [1.807, 2.05) is 0 Å². The average molecular weight is 593 g/mol. The number of hydrogen-bond acceptors (Lipinski definition) is 8. The molecule has 3 heterocycles. The Hall–Kier alpha value is -5.16. The maximum atomic E-state index is 15.1. The Bertz CT molecular complexity index is 1830. The Balaban J connectivity index is 0.00000405. The third-order valence-corrected chi connectivity index (χ3v) is 6.23. The molecule has 2 aromatic carbocycles. The van der Waals surface area contributed by atoms with Crippen molar-refractivity contribution in [2.75, 3.05) is 26.6 Å². The number of nitrogens with one attached hydrogen (secondary N) is 1. The number of ether oxygens (including phenoxy) is 4. The van der Waals surface area contributed by atoms with Gasteiger partial charge in [-0.05, 0) is 29.8 Å². The highest BCUT2D eigenvalue weighted by molar-refractivity contribution is 6.04. The molecular formula is C30H26ClFN4O6. The first-order chi connectivity index (χ1) is 19.8. The van der Waals surface area contributed by atoms with E-state index in [9.17, 15) is 9.59 Å². The van der Waals surface area contributed by atoms with Gasteiger partial charge in [0.25, 0.3) is 11.8 Å². The number of pyridine rings is 3. The number of amides is 1. The van der Waals surface area contributed by atoms with Crippen molar-refractivity contribution in [1.82, 2.24) is 14.5 Å². The molecule has 0 bridgehead atoms. The molecule has 0 fully saturated rings. The zero-order valence-electron chi connectivity index (χ0n) is 23.0. The number of aryl methyl sites for hydroxylation is 1. The minimum atomic E-state index is -0.742. The first-order valence-electron chi connectivity index (χ1n) is 12.3. The molecule has 0 aliphatic rings. The number of carbonyl (C=O) groups is 1. The number of nitrogens with zero attached hydrogens (tertiary/aromatic N) is 3. The molecule has 3 aromatic heterocycles. The molecule has 0 radical (unpaired) electrons. The highest BCUT2D eigenvalue weighted by atomic mass is 35.5. The number of anilines is 1. The maximum Gasteiger partial charge on any atom is 0.261 e. The van der Waals surface area contributed by atoms with Gasteiger partial charge in [-0.1, -0.05) is 12.1 Å². The minimum Gasteiger partial charge on any atom is -0.497 e. The number of benzene rings is 2. The van der Waals surface area contributed by atoms with Gasteiger partial charge in [-0.25, -0.2) is 9.37 Å². The average Bonchev–Trinajstić information content (AvgIpc) is 2.98. The van der Waals surface area contributed by atoms with E-state index in [2.05, 4.69) is 15.3 Å². The van der Waals surface area contributed by atoms with E-state index in [1.54, 1.807) is 61.3 Å². The fraction of sp³-hybridized carbons (Fsp3) is 0.133. The van der Waals surface area contributed by atoms with Crippen LogP contribution in [0.1, 0.15) is 10.4 Å². The summed E-state index contributed by atoms with van der Waals surface area (Å²) in [5.74, 6) is -0.0383. The maximum absolute atomic E-state index is 15.1. The standard InChI is InChI=1S/C30H25FN4O6.ClH/c1-35-15-20(17-5-8-19(38-2)9-6-17)28(36)21(16-35)29(37)33-18-7-10-24(22(31)13-18)41-25-11-12-32-23-14-26(39-3)30(40-4)34-27(23)25;/h5-16H,1-4H3,(H,33,37);1H. The van der Waals surface area contributed by atoms with Crippen molar-refractivity contribution < 1.29 is 28.1 Å². The zero-order valence-corrected chi connectivity index (χ0v) is 23.8. The third kappa shape index (κ3) is 5.96. The predicted octanol–water partition coefficient (Wildman–Crippen LogP) is 5.63. The SMILES string of the molecule is COc1ccc(-c2cn(C)cc(C(=O)Nc3ccc(Oc4ccnc5cc(OC)c(OC)nc45)c(F)c3)c2=O)cc1.Cl. The number of rotatable bonds is 8. The molecule has 1 N–H and O–H groups in total. The number of fused-ring (bicyclic) bond motifs is 1. The molecule has 42 heavy (non-hydrogen) atoms. The second kappa shape index (κ2) is 12.6. The molecule has 0 aliphatic heterocycles. The smallest absolute Gasteiger partial charge is 0.261 e. The lowest BCUT2D eigenvalue weighted by molar-refractivity contribution is 0.102. The van der Waals surface area contributed by atoms with E-state index in [0.717, 1.165) is 6.07 Å². The van der Waals surface area contributed by atoms with Crippen LogP contribution in [0.3, 0.4) is 0 Å². The molecule has 0 unspecified atom stereocenters. The number of methoxy groups -OCH3 is 3. The Kier molecular flexibility index (Phi) is 8.92. The Morgan fingerprint density at radius 1 is 0.905 bits per heavy atom. The number of aromatic nitrogens is 3. The lowest BCUT2D eigenvalue weighted by atomic mass is 10.0. The molecule has 1 amide bonds. The van der Waals surface area contributed by atoms with E-state index in [4.69, 9.17) is 18.9 Å². The Morgan fingerprint density at radius 2 is 1.67 bits per heavy atom. The summed E-state index contributed by atoms with van der Waals surface area (Å²) in [6.45, 7) is 0. The molecular weight excluding hydrogens is 567 g/mol. The van der Waals surface area contributed by atoms with Gasteiger partial charge < -0.3 is 28.8 Å². The summed E-state index contributed by atoms with van der Waals surface area (Å²) in [4.78, 5) is 34.9. The van der Waals surface area contributed by atoms with Gasteiger partial charge in [-0.15, -0.1) is 12.4 Å². The second-order valence-electron chi connectivity index (χ2n) is 8.89. The zero-order chi connectivity index (χ0) is 29.1. The van der Waals surface area contributed by atoms with Crippen LogP contribution in [0.15, 0.2) is 78.0 Å². The van der Waals surface area contributed by atoms with Gasteiger partial charge in [0.2, 0.25) is 5.43 Å². The number of halogens is 2. The van der Waals surface area contributed by atoms with Gasteiger partial charge in [0.05, 0.1) is 26.8 Å². The van der Waals surface area contributed by atoms with Crippen molar-refractivity contribution >= 4 is 35.0 Å². The van der Waals surface area contributed by atoms with Crippen LogP contribution in [0.4, 0.5) is 10.1 Å². The monoisotopic (exact) mass is 592 g/mol. The van der Waals surface area contributed by atoms with Gasteiger partial charge in [0.1, 0.15) is 16.8 Å². The van der Waals surface area contributed by atoms with Crippen molar-refractivity contribution in [3.8, 4) is 40.0 Å². The van der Waals surface area contributed by atoms with Gasteiger partial charge in [-0.2, -0.15) is 0 Å². The summed E-state index contributed by atoms with van der Waals surface area (Å²) >= 11 is 0. The molecule has 0 aliphatic carbocycles. The molecule has 0 spiro atoms. The van der Waals surface area contributed by atoms with E-state index >= 15 is 4.39 Å².